The molecule has 2 aromatic rings. The van der Waals surface area contributed by atoms with Crippen molar-refractivity contribution in [1.82, 2.24) is 4.90 Å². The third-order valence-corrected chi connectivity index (χ3v) is 5.57. The molecule has 1 amide bonds. The third kappa shape index (κ3) is 4.89. The highest BCUT2D eigenvalue weighted by molar-refractivity contribution is 5.93. The number of hydrogen-bond donors (Lipinski definition) is 1. The lowest BCUT2D eigenvalue weighted by atomic mass is 9.97. The number of para-hydroxylation sites is 2. The van der Waals surface area contributed by atoms with Crippen LogP contribution in [0.25, 0.3) is 0 Å². The predicted molar refractivity (Wildman–Crippen MR) is 114 cm³/mol. The number of piperazine rings is 1. The number of amides is 1. The normalized spacial score (nSPS) is 16.2. The lowest BCUT2D eigenvalue weighted by molar-refractivity contribution is -0.117. The van der Waals surface area contributed by atoms with E-state index in [1.54, 1.807) is 0 Å². The van der Waals surface area contributed by atoms with Crippen LogP contribution >= 0.6 is 0 Å². The Kier molecular flexibility index (Phi) is 6.51. The highest BCUT2D eigenvalue weighted by atomic mass is 16.2. The van der Waals surface area contributed by atoms with Gasteiger partial charge in [-0.05, 0) is 42.5 Å². The zero-order chi connectivity index (χ0) is 19.2. The molecule has 0 saturated carbocycles. The molecular formula is C23H31N3O. The first kappa shape index (κ1) is 19.4. The molecule has 1 N–H and O–H groups in total. The van der Waals surface area contributed by atoms with Gasteiger partial charge in [0.25, 0.3) is 0 Å². The van der Waals surface area contributed by atoms with Crippen molar-refractivity contribution in [2.45, 2.75) is 33.1 Å². The minimum Gasteiger partial charge on any atom is -0.369 e. The fourth-order valence-corrected chi connectivity index (χ4v) is 3.72. The summed E-state index contributed by atoms with van der Waals surface area (Å²) in [4.78, 5) is 17.2. The van der Waals surface area contributed by atoms with Crippen LogP contribution in [-0.4, -0.2) is 43.5 Å². The van der Waals surface area contributed by atoms with E-state index < -0.39 is 0 Å². The Bertz CT molecular complexity index is 766. The molecule has 0 bridgehead atoms. The number of nitrogens with zero attached hydrogens (tertiary/aromatic N) is 2. The molecule has 1 heterocycles. The number of carbonyl (C=O) groups is 1. The highest BCUT2D eigenvalue weighted by Crippen LogP contribution is 2.26. The molecule has 0 radical (unpaired) electrons. The Labute approximate surface area is 163 Å². The van der Waals surface area contributed by atoms with Crippen molar-refractivity contribution in [2.75, 3.05) is 42.9 Å². The molecule has 27 heavy (non-hydrogen) atoms. The van der Waals surface area contributed by atoms with Gasteiger partial charge in [0.2, 0.25) is 5.91 Å². The minimum atomic E-state index is 0.0788. The second kappa shape index (κ2) is 9.05. The average molecular weight is 366 g/mol. The molecule has 1 aliphatic heterocycles. The summed E-state index contributed by atoms with van der Waals surface area (Å²) in [6.07, 6.45) is 1.06. The van der Waals surface area contributed by atoms with Crippen LogP contribution in [0.1, 0.15) is 37.3 Å². The van der Waals surface area contributed by atoms with E-state index in [0.29, 0.717) is 12.5 Å². The first-order valence-corrected chi connectivity index (χ1v) is 10.00. The van der Waals surface area contributed by atoms with E-state index in [2.05, 4.69) is 66.2 Å². The van der Waals surface area contributed by atoms with E-state index in [9.17, 15) is 4.79 Å². The van der Waals surface area contributed by atoms with Gasteiger partial charge >= 0.3 is 0 Å². The fourth-order valence-electron chi connectivity index (χ4n) is 3.72. The summed E-state index contributed by atoms with van der Waals surface area (Å²) in [5.41, 5.74) is 4.79. The molecule has 1 fully saturated rings. The van der Waals surface area contributed by atoms with Gasteiger partial charge in [-0.3, -0.25) is 9.69 Å². The van der Waals surface area contributed by atoms with Crippen molar-refractivity contribution in [2.24, 2.45) is 0 Å². The summed E-state index contributed by atoms with van der Waals surface area (Å²) in [7, 11) is 0. The first-order chi connectivity index (χ1) is 13.1. The maximum absolute atomic E-state index is 12.6. The molecule has 0 aliphatic carbocycles. The van der Waals surface area contributed by atoms with Crippen LogP contribution < -0.4 is 10.2 Å². The van der Waals surface area contributed by atoms with Crippen LogP contribution in [0.2, 0.25) is 0 Å². The molecule has 1 saturated heterocycles. The number of carbonyl (C=O) groups excluding carboxylic acids is 1. The SMILES string of the molecule is CC[C@H](C)c1ccccc1NC(=O)CN1CCN(c2ccccc2C)CC1. The fraction of sp³-hybridized carbons (Fsp3) is 0.435. The molecule has 4 nitrogen and oxygen atoms in total. The summed E-state index contributed by atoms with van der Waals surface area (Å²) >= 11 is 0. The number of nitrogens with one attached hydrogen (secondary N) is 1. The van der Waals surface area contributed by atoms with E-state index >= 15 is 0 Å². The van der Waals surface area contributed by atoms with E-state index in [1.165, 1.54) is 16.8 Å². The van der Waals surface area contributed by atoms with Gasteiger partial charge in [0.15, 0.2) is 0 Å². The Balaban J connectivity index is 1.54. The van der Waals surface area contributed by atoms with Gasteiger partial charge in [-0.2, -0.15) is 0 Å². The van der Waals surface area contributed by atoms with Crippen LogP contribution in [-0.2, 0) is 4.79 Å². The average Bonchev–Trinajstić information content (AvgIpc) is 2.69. The van der Waals surface area contributed by atoms with Gasteiger partial charge in [-0.25, -0.2) is 0 Å². The molecular weight excluding hydrogens is 334 g/mol. The lowest BCUT2D eigenvalue weighted by Crippen LogP contribution is -2.48. The van der Waals surface area contributed by atoms with Crippen LogP contribution in [0, 0.1) is 6.92 Å². The zero-order valence-corrected chi connectivity index (χ0v) is 16.7. The summed E-state index contributed by atoms with van der Waals surface area (Å²) in [5.74, 6) is 0.522. The number of rotatable bonds is 6. The van der Waals surface area contributed by atoms with E-state index in [0.717, 1.165) is 38.3 Å². The molecule has 0 aromatic heterocycles. The zero-order valence-electron chi connectivity index (χ0n) is 16.7. The molecule has 2 aromatic carbocycles. The standard InChI is InChI=1S/C23H31N3O/c1-4-18(2)20-10-6-7-11-21(20)24-23(27)17-25-13-15-26(16-14-25)22-12-8-5-9-19(22)3/h5-12,18H,4,13-17H2,1-3H3,(H,24,27)/t18-/m0/s1. The van der Waals surface area contributed by atoms with Gasteiger partial charge in [0.05, 0.1) is 6.54 Å². The predicted octanol–water partition coefficient (Wildman–Crippen LogP) is 4.27. The second-order valence-corrected chi connectivity index (χ2v) is 7.49. The Morgan fingerprint density at radius 3 is 2.41 bits per heavy atom. The van der Waals surface area contributed by atoms with Gasteiger partial charge in [-0.15, -0.1) is 0 Å². The van der Waals surface area contributed by atoms with Gasteiger partial charge in [0.1, 0.15) is 0 Å². The lowest BCUT2D eigenvalue weighted by Gasteiger charge is -2.36. The molecule has 0 spiro atoms. The number of anilines is 2. The quantitative estimate of drug-likeness (QED) is 0.830. The monoisotopic (exact) mass is 365 g/mol. The van der Waals surface area contributed by atoms with Crippen molar-refractivity contribution < 1.29 is 4.79 Å². The highest BCUT2D eigenvalue weighted by Gasteiger charge is 2.20. The number of benzene rings is 2. The van der Waals surface area contributed by atoms with E-state index in [1.807, 2.05) is 18.2 Å². The smallest absolute Gasteiger partial charge is 0.238 e. The topological polar surface area (TPSA) is 35.6 Å². The van der Waals surface area contributed by atoms with Crippen molar-refractivity contribution in [3.05, 3.63) is 59.7 Å². The minimum absolute atomic E-state index is 0.0788. The van der Waals surface area contributed by atoms with Crippen molar-refractivity contribution in [3.8, 4) is 0 Å². The van der Waals surface area contributed by atoms with Gasteiger partial charge < -0.3 is 10.2 Å². The molecule has 0 unspecified atom stereocenters. The Morgan fingerprint density at radius 2 is 1.70 bits per heavy atom. The summed E-state index contributed by atoms with van der Waals surface area (Å²) in [6.45, 7) is 10.7. The Morgan fingerprint density at radius 1 is 1.04 bits per heavy atom. The van der Waals surface area contributed by atoms with Crippen molar-refractivity contribution >= 4 is 17.3 Å². The van der Waals surface area contributed by atoms with Crippen LogP contribution in [0.5, 0.6) is 0 Å². The molecule has 1 atom stereocenters. The van der Waals surface area contributed by atoms with Crippen LogP contribution in [0.15, 0.2) is 48.5 Å². The van der Waals surface area contributed by atoms with E-state index in [4.69, 9.17) is 0 Å². The van der Waals surface area contributed by atoms with Gasteiger partial charge in [0, 0.05) is 37.6 Å². The summed E-state index contributed by atoms with van der Waals surface area (Å²) in [6, 6.07) is 16.7. The van der Waals surface area contributed by atoms with Crippen LogP contribution in [0.3, 0.4) is 0 Å². The summed E-state index contributed by atoms with van der Waals surface area (Å²) in [5, 5.41) is 3.13. The molecule has 1 aliphatic rings. The van der Waals surface area contributed by atoms with Crippen molar-refractivity contribution in [3.63, 3.8) is 0 Å². The van der Waals surface area contributed by atoms with Crippen molar-refractivity contribution in [1.29, 1.82) is 0 Å². The Hall–Kier alpha value is -2.33. The number of hydrogen-bond acceptors (Lipinski definition) is 3. The second-order valence-electron chi connectivity index (χ2n) is 7.49. The first-order valence-electron chi connectivity index (χ1n) is 10.00. The largest absolute Gasteiger partial charge is 0.369 e. The van der Waals surface area contributed by atoms with Crippen LogP contribution in [0.4, 0.5) is 11.4 Å². The summed E-state index contributed by atoms with van der Waals surface area (Å²) < 4.78 is 0. The third-order valence-electron chi connectivity index (χ3n) is 5.57. The maximum Gasteiger partial charge on any atom is 0.238 e. The maximum atomic E-state index is 12.6. The van der Waals surface area contributed by atoms with Gasteiger partial charge in [-0.1, -0.05) is 50.2 Å². The molecule has 3 rings (SSSR count). The molecule has 4 heteroatoms. The van der Waals surface area contributed by atoms with E-state index in [-0.39, 0.29) is 5.91 Å². The number of aryl methyl sites for hydroxylation is 1. The molecule has 144 valence electrons.